The molecule has 2 aromatic rings. The molecule has 0 aromatic heterocycles. The van der Waals surface area contributed by atoms with Gasteiger partial charge in [-0.3, -0.25) is 0 Å². The van der Waals surface area contributed by atoms with Gasteiger partial charge in [-0.1, -0.05) is 54.5 Å². The molecule has 0 spiro atoms. The largest absolute Gasteiger partial charge is 0.119 e. The molecule has 0 N–H and O–H groups in total. The third-order valence-corrected chi connectivity index (χ3v) is 4.46. The zero-order valence-electron chi connectivity index (χ0n) is 10.2. The molecular formula is C18H14. The number of hydrogen-bond donors (Lipinski definition) is 0. The number of rotatable bonds is 1. The van der Waals surface area contributed by atoms with Crippen LogP contribution in [0.2, 0.25) is 0 Å². The van der Waals surface area contributed by atoms with Crippen LogP contribution in [-0.2, 0) is 0 Å². The van der Waals surface area contributed by atoms with Crippen LogP contribution < -0.4 is 0 Å². The maximum atomic E-state index is 5.81. The van der Waals surface area contributed by atoms with E-state index in [1.807, 2.05) is 0 Å². The van der Waals surface area contributed by atoms with Gasteiger partial charge < -0.3 is 0 Å². The molecule has 0 nitrogen and oxygen atoms in total. The maximum absolute atomic E-state index is 5.81. The quantitative estimate of drug-likeness (QED) is 0.644. The summed E-state index contributed by atoms with van der Waals surface area (Å²) >= 11 is 0. The van der Waals surface area contributed by atoms with Gasteiger partial charge in [-0.15, -0.1) is 6.42 Å². The van der Waals surface area contributed by atoms with Crippen molar-refractivity contribution in [2.45, 2.75) is 18.8 Å². The second-order valence-electron chi connectivity index (χ2n) is 5.41. The molecule has 18 heavy (non-hydrogen) atoms. The van der Waals surface area contributed by atoms with Crippen molar-refractivity contribution in [1.29, 1.82) is 0 Å². The molecule has 0 heterocycles. The first-order valence-corrected chi connectivity index (χ1v) is 6.52. The van der Waals surface area contributed by atoms with Gasteiger partial charge in [-0.25, -0.2) is 0 Å². The van der Waals surface area contributed by atoms with E-state index >= 15 is 0 Å². The van der Waals surface area contributed by atoms with Gasteiger partial charge in [0.15, 0.2) is 0 Å². The Bertz CT molecular complexity index is 623. The van der Waals surface area contributed by atoms with Gasteiger partial charge in [0.25, 0.3) is 0 Å². The zero-order valence-corrected chi connectivity index (χ0v) is 10.2. The summed E-state index contributed by atoms with van der Waals surface area (Å²) in [4.78, 5) is 0. The Kier molecular flexibility index (Phi) is 1.81. The Labute approximate surface area is 108 Å². The second-order valence-corrected chi connectivity index (χ2v) is 5.41. The molecule has 2 aromatic carbocycles. The van der Waals surface area contributed by atoms with Gasteiger partial charge in [0.2, 0.25) is 0 Å². The number of terminal acetylenes is 1. The van der Waals surface area contributed by atoms with Crippen molar-refractivity contribution < 1.29 is 0 Å². The normalized spacial score (nSPS) is 18.8. The van der Waals surface area contributed by atoms with Crippen LogP contribution in [0.25, 0.3) is 11.1 Å². The second kappa shape index (κ2) is 3.27. The molecule has 0 atom stereocenters. The van der Waals surface area contributed by atoms with E-state index in [1.165, 1.54) is 22.3 Å². The lowest BCUT2D eigenvalue weighted by molar-refractivity contribution is 0.592. The van der Waals surface area contributed by atoms with E-state index in [1.54, 1.807) is 0 Å². The molecule has 1 saturated carbocycles. The fourth-order valence-electron chi connectivity index (χ4n) is 3.40. The van der Waals surface area contributed by atoms with Crippen molar-refractivity contribution >= 4 is 0 Å². The number of hydrogen-bond acceptors (Lipinski definition) is 0. The highest BCUT2D eigenvalue weighted by atomic mass is 14.5. The van der Waals surface area contributed by atoms with Crippen LogP contribution in [0.5, 0.6) is 0 Å². The van der Waals surface area contributed by atoms with Crippen molar-refractivity contribution in [3.8, 4) is 23.5 Å². The van der Waals surface area contributed by atoms with E-state index in [0.717, 1.165) is 12.8 Å². The van der Waals surface area contributed by atoms with Crippen LogP contribution in [0.15, 0.2) is 48.5 Å². The Morgan fingerprint density at radius 1 is 0.889 bits per heavy atom. The molecule has 0 radical (unpaired) electrons. The highest BCUT2D eigenvalue weighted by Gasteiger charge is 2.52. The van der Waals surface area contributed by atoms with Crippen LogP contribution in [0.3, 0.4) is 0 Å². The summed E-state index contributed by atoms with van der Waals surface area (Å²) in [6, 6.07) is 17.4. The van der Waals surface area contributed by atoms with Crippen molar-refractivity contribution in [3.05, 3.63) is 59.7 Å². The van der Waals surface area contributed by atoms with Crippen LogP contribution in [0, 0.1) is 17.8 Å². The third-order valence-electron chi connectivity index (χ3n) is 4.46. The number of benzene rings is 2. The molecule has 2 aliphatic rings. The van der Waals surface area contributed by atoms with Crippen molar-refractivity contribution in [3.63, 3.8) is 0 Å². The van der Waals surface area contributed by atoms with E-state index in [4.69, 9.17) is 6.42 Å². The molecule has 0 amide bonds. The molecular weight excluding hydrogens is 216 g/mol. The molecule has 1 fully saturated rings. The standard InChI is InChI=1S/C18H14/c1-2-18(11-12-18)17-15-9-5-3-7-13(15)14-8-4-6-10-16(14)17/h1,3-10,17H,11-12H2. The van der Waals surface area contributed by atoms with Crippen molar-refractivity contribution in [2.75, 3.05) is 0 Å². The molecule has 0 aliphatic heterocycles. The van der Waals surface area contributed by atoms with Crippen LogP contribution in [0.4, 0.5) is 0 Å². The molecule has 0 unspecified atom stereocenters. The summed E-state index contributed by atoms with van der Waals surface area (Å²) in [6.07, 6.45) is 8.14. The fourth-order valence-corrected chi connectivity index (χ4v) is 3.40. The Balaban J connectivity index is 2.02. The molecule has 86 valence electrons. The maximum Gasteiger partial charge on any atom is 0.0422 e. The Hall–Kier alpha value is -2.00. The lowest BCUT2D eigenvalue weighted by atomic mass is 9.82. The van der Waals surface area contributed by atoms with Crippen LogP contribution in [-0.4, -0.2) is 0 Å². The highest BCUT2D eigenvalue weighted by molar-refractivity contribution is 5.79. The monoisotopic (exact) mass is 230 g/mol. The predicted octanol–water partition coefficient (Wildman–Crippen LogP) is 4.21. The summed E-state index contributed by atoms with van der Waals surface area (Å²) in [7, 11) is 0. The number of fused-ring (bicyclic) bond motifs is 3. The van der Waals surface area contributed by atoms with Gasteiger partial charge in [-0.2, -0.15) is 0 Å². The Morgan fingerprint density at radius 3 is 1.83 bits per heavy atom. The lowest BCUT2D eigenvalue weighted by Gasteiger charge is -2.20. The van der Waals surface area contributed by atoms with Gasteiger partial charge in [0, 0.05) is 11.3 Å². The molecule has 0 saturated heterocycles. The smallest absolute Gasteiger partial charge is 0.0422 e. The summed E-state index contributed by atoms with van der Waals surface area (Å²) in [5.41, 5.74) is 5.69. The summed E-state index contributed by atoms with van der Waals surface area (Å²) < 4.78 is 0. The van der Waals surface area contributed by atoms with Gasteiger partial charge >= 0.3 is 0 Å². The Morgan fingerprint density at radius 2 is 1.39 bits per heavy atom. The SMILES string of the molecule is C#CC1(C2c3ccccc3-c3ccccc32)CC1. The fraction of sp³-hybridized carbons (Fsp3) is 0.222. The average molecular weight is 230 g/mol. The average Bonchev–Trinajstić information content (AvgIpc) is 3.15. The first-order valence-electron chi connectivity index (χ1n) is 6.52. The zero-order chi connectivity index (χ0) is 12.2. The molecule has 0 bridgehead atoms. The molecule has 2 aliphatic carbocycles. The van der Waals surface area contributed by atoms with E-state index in [9.17, 15) is 0 Å². The van der Waals surface area contributed by atoms with Gasteiger partial charge in [0.1, 0.15) is 0 Å². The predicted molar refractivity (Wildman–Crippen MR) is 74.2 cm³/mol. The van der Waals surface area contributed by atoms with Crippen LogP contribution in [0.1, 0.15) is 29.9 Å². The lowest BCUT2D eigenvalue weighted by Crippen LogP contribution is -2.10. The first kappa shape index (κ1) is 9.97. The van der Waals surface area contributed by atoms with Crippen molar-refractivity contribution in [2.24, 2.45) is 5.41 Å². The molecule has 0 heteroatoms. The van der Waals surface area contributed by atoms with Crippen LogP contribution >= 0.6 is 0 Å². The topological polar surface area (TPSA) is 0 Å². The minimum Gasteiger partial charge on any atom is -0.119 e. The summed E-state index contributed by atoms with van der Waals surface area (Å²) in [5.74, 6) is 3.49. The minimum absolute atomic E-state index is 0.0860. The van der Waals surface area contributed by atoms with E-state index in [-0.39, 0.29) is 5.41 Å². The summed E-state index contributed by atoms with van der Waals surface area (Å²) in [5, 5.41) is 0. The first-order chi connectivity index (χ1) is 8.86. The van der Waals surface area contributed by atoms with E-state index in [0.29, 0.717) is 5.92 Å². The summed E-state index contributed by atoms with van der Waals surface area (Å²) in [6.45, 7) is 0. The minimum atomic E-state index is 0.0860. The van der Waals surface area contributed by atoms with E-state index in [2.05, 4.69) is 54.5 Å². The van der Waals surface area contributed by atoms with Crippen molar-refractivity contribution in [1.82, 2.24) is 0 Å². The van der Waals surface area contributed by atoms with E-state index < -0.39 is 0 Å². The third kappa shape index (κ3) is 1.12. The van der Waals surface area contributed by atoms with Gasteiger partial charge in [-0.05, 0) is 35.1 Å². The van der Waals surface area contributed by atoms with Gasteiger partial charge in [0.05, 0.1) is 0 Å². The highest BCUT2D eigenvalue weighted by Crippen LogP contribution is 2.63. The molecule has 4 rings (SSSR count).